The summed E-state index contributed by atoms with van der Waals surface area (Å²) in [7, 11) is 0. The summed E-state index contributed by atoms with van der Waals surface area (Å²) in [5.74, 6) is 1.94. The number of nitrogens with zero attached hydrogens (tertiary/aromatic N) is 4. The molecule has 0 radical (unpaired) electrons. The summed E-state index contributed by atoms with van der Waals surface area (Å²) in [6.45, 7) is 0. The van der Waals surface area contributed by atoms with Gasteiger partial charge in [-0.25, -0.2) is 15.0 Å². The molecule has 10 aromatic rings. The highest BCUT2D eigenvalue weighted by Gasteiger charge is 2.19. The molecule has 0 amide bonds. The lowest BCUT2D eigenvalue weighted by Gasteiger charge is -2.10. The van der Waals surface area contributed by atoms with E-state index in [1.54, 1.807) is 0 Å². The largest absolute Gasteiger partial charge is 0.455 e. The van der Waals surface area contributed by atoms with E-state index >= 15 is 0 Å². The van der Waals surface area contributed by atoms with Crippen LogP contribution in [0.15, 0.2) is 174 Å². The lowest BCUT2D eigenvalue weighted by Crippen LogP contribution is -2.00. The van der Waals surface area contributed by atoms with Gasteiger partial charge in [-0.15, -0.1) is 0 Å². The van der Waals surface area contributed by atoms with E-state index in [1.165, 1.54) is 0 Å². The standard InChI is InChI=1S/C45H28N4O/c1-4-12-30(13-5-1)43-46-44(31-14-6-2-7-15-31)48-45(47-43)32-22-20-29(21-23-32)33-24-25-37-39(28-33)49(34-16-8-3-9-17-34)38-27-26-36-35-18-10-11-19-40(35)50-42(36)41(37)38/h1-28H. The fourth-order valence-electron chi connectivity index (χ4n) is 7.07. The van der Waals surface area contributed by atoms with E-state index in [4.69, 9.17) is 19.4 Å². The van der Waals surface area contributed by atoms with Gasteiger partial charge in [0.05, 0.1) is 16.4 Å². The van der Waals surface area contributed by atoms with Gasteiger partial charge in [-0.1, -0.05) is 133 Å². The van der Waals surface area contributed by atoms with Crippen LogP contribution in [0, 0.1) is 0 Å². The minimum absolute atomic E-state index is 0.638. The fraction of sp³-hybridized carbons (Fsp3) is 0. The van der Waals surface area contributed by atoms with Gasteiger partial charge in [0.15, 0.2) is 17.5 Å². The van der Waals surface area contributed by atoms with Crippen molar-refractivity contribution in [2.45, 2.75) is 0 Å². The molecular weight excluding hydrogens is 613 g/mol. The lowest BCUT2D eigenvalue weighted by atomic mass is 10.0. The maximum absolute atomic E-state index is 6.54. The number of aromatic nitrogens is 4. The van der Waals surface area contributed by atoms with Gasteiger partial charge in [-0.05, 0) is 47.5 Å². The molecule has 0 bridgehead atoms. The van der Waals surface area contributed by atoms with E-state index in [0.29, 0.717) is 17.5 Å². The van der Waals surface area contributed by atoms with E-state index in [9.17, 15) is 0 Å². The number of furan rings is 1. The van der Waals surface area contributed by atoms with E-state index in [2.05, 4.69) is 102 Å². The predicted octanol–water partition coefficient (Wildman–Crippen LogP) is 11.5. The number of para-hydroxylation sites is 2. The first-order chi connectivity index (χ1) is 24.8. The van der Waals surface area contributed by atoms with Crippen LogP contribution >= 0.6 is 0 Å². The number of benzene rings is 7. The Morgan fingerprint density at radius 2 is 0.900 bits per heavy atom. The molecule has 5 nitrogen and oxygen atoms in total. The van der Waals surface area contributed by atoms with Crippen LogP contribution < -0.4 is 0 Å². The van der Waals surface area contributed by atoms with Crippen molar-refractivity contribution >= 4 is 43.7 Å². The summed E-state index contributed by atoms with van der Waals surface area (Å²) in [6.07, 6.45) is 0. The summed E-state index contributed by atoms with van der Waals surface area (Å²) < 4.78 is 8.88. The molecule has 0 aliphatic carbocycles. The average molecular weight is 641 g/mol. The van der Waals surface area contributed by atoms with Crippen molar-refractivity contribution in [3.63, 3.8) is 0 Å². The molecule has 50 heavy (non-hydrogen) atoms. The fourth-order valence-corrected chi connectivity index (χ4v) is 7.07. The summed E-state index contributed by atoms with van der Waals surface area (Å²) in [4.78, 5) is 14.7. The first-order valence-electron chi connectivity index (χ1n) is 16.7. The third-order valence-electron chi connectivity index (χ3n) is 9.46. The van der Waals surface area contributed by atoms with Gasteiger partial charge >= 0.3 is 0 Å². The summed E-state index contributed by atoms with van der Waals surface area (Å²) in [5.41, 5.74) is 10.2. The summed E-state index contributed by atoms with van der Waals surface area (Å²) in [6, 6.07) is 58.6. The maximum Gasteiger partial charge on any atom is 0.164 e. The van der Waals surface area contributed by atoms with Crippen LogP contribution in [-0.4, -0.2) is 19.5 Å². The van der Waals surface area contributed by atoms with E-state index in [1.807, 2.05) is 72.8 Å². The molecule has 0 fully saturated rings. The highest BCUT2D eigenvalue weighted by atomic mass is 16.3. The molecule has 0 aliphatic heterocycles. The molecule has 0 spiro atoms. The van der Waals surface area contributed by atoms with Crippen LogP contribution in [0.2, 0.25) is 0 Å². The molecule has 234 valence electrons. The molecule has 5 heteroatoms. The molecule has 0 saturated carbocycles. The zero-order valence-electron chi connectivity index (χ0n) is 26.9. The van der Waals surface area contributed by atoms with Crippen molar-refractivity contribution < 1.29 is 4.42 Å². The average Bonchev–Trinajstić information content (AvgIpc) is 3.74. The molecule has 0 aliphatic rings. The van der Waals surface area contributed by atoms with Crippen LogP contribution in [0.4, 0.5) is 0 Å². The number of hydrogen-bond acceptors (Lipinski definition) is 4. The highest BCUT2D eigenvalue weighted by Crippen LogP contribution is 2.41. The van der Waals surface area contributed by atoms with Crippen LogP contribution in [0.1, 0.15) is 0 Å². The Morgan fingerprint density at radius 3 is 1.56 bits per heavy atom. The third-order valence-corrected chi connectivity index (χ3v) is 9.46. The summed E-state index contributed by atoms with van der Waals surface area (Å²) >= 11 is 0. The van der Waals surface area contributed by atoms with Gasteiger partial charge in [0, 0.05) is 38.5 Å². The van der Waals surface area contributed by atoms with Gasteiger partial charge in [0.1, 0.15) is 11.2 Å². The Morgan fingerprint density at radius 1 is 0.380 bits per heavy atom. The quantitative estimate of drug-likeness (QED) is 0.188. The van der Waals surface area contributed by atoms with Crippen LogP contribution in [-0.2, 0) is 0 Å². The van der Waals surface area contributed by atoms with Gasteiger partial charge in [-0.3, -0.25) is 0 Å². The van der Waals surface area contributed by atoms with Gasteiger partial charge in [-0.2, -0.15) is 0 Å². The minimum atomic E-state index is 0.638. The van der Waals surface area contributed by atoms with Crippen molar-refractivity contribution in [3.05, 3.63) is 170 Å². The van der Waals surface area contributed by atoms with Crippen LogP contribution in [0.25, 0.3) is 94.7 Å². The van der Waals surface area contributed by atoms with E-state index in [-0.39, 0.29) is 0 Å². The Balaban J connectivity index is 1.11. The smallest absolute Gasteiger partial charge is 0.164 e. The number of rotatable bonds is 5. The number of fused-ring (bicyclic) bond motifs is 7. The zero-order valence-corrected chi connectivity index (χ0v) is 26.9. The Labute approximate surface area is 287 Å². The SMILES string of the molecule is c1ccc(-c2nc(-c3ccccc3)nc(-c3ccc(-c4ccc5c6c7oc8ccccc8c7ccc6n(-c6ccccc6)c5c4)cc3)n2)cc1. The molecule has 7 aromatic carbocycles. The monoisotopic (exact) mass is 640 g/mol. The normalized spacial score (nSPS) is 11.6. The Kier molecular flexibility index (Phi) is 6.42. The van der Waals surface area contributed by atoms with E-state index in [0.717, 1.165) is 77.2 Å². The van der Waals surface area contributed by atoms with Gasteiger partial charge in [0.2, 0.25) is 0 Å². The van der Waals surface area contributed by atoms with Crippen molar-refractivity contribution in [3.8, 4) is 51.0 Å². The van der Waals surface area contributed by atoms with Crippen molar-refractivity contribution in [1.29, 1.82) is 0 Å². The van der Waals surface area contributed by atoms with Gasteiger partial charge < -0.3 is 8.98 Å². The second-order valence-corrected chi connectivity index (χ2v) is 12.5. The zero-order chi connectivity index (χ0) is 33.0. The Bertz CT molecular complexity index is 2780. The number of hydrogen-bond donors (Lipinski definition) is 0. The van der Waals surface area contributed by atoms with Gasteiger partial charge in [0.25, 0.3) is 0 Å². The molecule has 10 rings (SSSR count). The highest BCUT2D eigenvalue weighted by molar-refractivity contribution is 6.24. The molecule has 0 atom stereocenters. The van der Waals surface area contributed by atoms with Crippen molar-refractivity contribution in [2.75, 3.05) is 0 Å². The molecule has 3 aromatic heterocycles. The van der Waals surface area contributed by atoms with E-state index < -0.39 is 0 Å². The van der Waals surface area contributed by atoms with Crippen molar-refractivity contribution in [2.24, 2.45) is 0 Å². The second-order valence-electron chi connectivity index (χ2n) is 12.5. The maximum atomic E-state index is 6.54. The van der Waals surface area contributed by atoms with Crippen LogP contribution in [0.5, 0.6) is 0 Å². The Hall–Kier alpha value is -6.85. The van der Waals surface area contributed by atoms with Crippen molar-refractivity contribution in [1.82, 2.24) is 19.5 Å². The first kappa shape index (κ1) is 28.2. The predicted molar refractivity (Wildman–Crippen MR) is 203 cm³/mol. The summed E-state index contributed by atoms with van der Waals surface area (Å²) in [5, 5.41) is 4.54. The minimum Gasteiger partial charge on any atom is -0.455 e. The topological polar surface area (TPSA) is 56.7 Å². The van der Waals surface area contributed by atoms with Crippen LogP contribution in [0.3, 0.4) is 0 Å². The third kappa shape index (κ3) is 4.60. The molecule has 3 heterocycles. The molecular formula is C45H28N4O. The lowest BCUT2D eigenvalue weighted by molar-refractivity contribution is 0.673. The molecule has 0 unspecified atom stereocenters. The molecule has 0 N–H and O–H groups in total. The molecule has 0 saturated heterocycles. The first-order valence-corrected chi connectivity index (χ1v) is 16.7. The second kappa shape index (κ2) is 11.4.